The maximum atomic E-state index is 12.5. The monoisotopic (exact) mass is 400 g/mol. The highest BCUT2D eigenvalue weighted by Crippen LogP contribution is 2.33. The average Bonchev–Trinajstić information content (AvgIpc) is 2.66. The summed E-state index contributed by atoms with van der Waals surface area (Å²) < 4.78 is 10.5. The first-order valence-electron chi connectivity index (χ1n) is 9.79. The van der Waals surface area contributed by atoms with Crippen molar-refractivity contribution in [2.24, 2.45) is 23.7 Å². The number of aliphatic carboxylic acids is 2. The maximum Gasteiger partial charge on any atom is 0.312 e. The van der Waals surface area contributed by atoms with Gasteiger partial charge in [0, 0.05) is 6.42 Å². The fraction of sp³-hybridized carbons (Fsp3) is 0.789. The third-order valence-corrected chi connectivity index (χ3v) is 5.66. The number of carbonyl (C=O) groups is 4. The Hall–Kier alpha value is -2.16. The van der Waals surface area contributed by atoms with Gasteiger partial charge in [-0.25, -0.2) is 0 Å². The summed E-state index contributed by atoms with van der Waals surface area (Å²) in [5, 5.41) is 28.4. The maximum absolute atomic E-state index is 12.5. The molecule has 0 aliphatic heterocycles. The predicted octanol–water partition coefficient (Wildman–Crippen LogP) is 1.56. The molecular weight excluding hydrogens is 372 g/mol. The number of aliphatic hydroxyl groups excluding tert-OH is 1. The van der Waals surface area contributed by atoms with Gasteiger partial charge in [0.15, 0.2) is 0 Å². The van der Waals surface area contributed by atoms with Gasteiger partial charge < -0.3 is 24.8 Å². The van der Waals surface area contributed by atoms with Crippen molar-refractivity contribution in [2.45, 2.75) is 70.7 Å². The SMILES string of the molecule is CCC(OC(=O)C1CCCCC1C(=O)O)OC(=O)C1CC(O)CCC1C(=O)O. The zero-order chi connectivity index (χ0) is 20.8. The Kier molecular flexibility index (Phi) is 7.79. The number of carboxylic acid groups (broad SMARTS) is 2. The van der Waals surface area contributed by atoms with Gasteiger partial charge in [0.1, 0.15) is 0 Å². The van der Waals surface area contributed by atoms with Crippen molar-refractivity contribution >= 4 is 23.9 Å². The van der Waals surface area contributed by atoms with Gasteiger partial charge >= 0.3 is 23.9 Å². The molecule has 9 nitrogen and oxygen atoms in total. The van der Waals surface area contributed by atoms with Crippen molar-refractivity contribution in [3.05, 3.63) is 0 Å². The minimum absolute atomic E-state index is 0.0239. The molecule has 3 N–H and O–H groups in total. The van der Waals surface area contributed by atoms with Crippen molar-refractivity contribution in [3.8, 4) is 0 Å². The molecule has 28 heavy (non-hydrogen) atoms. The third kappa shape index (κ3) is 5.43. The molecule has 0 aromatic carbocycles. The summed E-state index contributed by atoms with van der Waals surface area (Å²) in [6, 6.07) is 0. The predicted molar refractivity (Wildman–Crippen MR) is 93.8 cm³/mol. The lowest BCUT2D eigenvalue weighted by Crippen LogP contribution is -2.41. The molecule has 0 bridgehead atoms. The van der Waals surface area contributed by atoms with Crippen LogP contribution in [0.25, 0.3) is 0 Å². The molecule has 2 rings (SSSR count). The number of hydrogen-bond donors (Lipinski definition) is 3. The van der Waals surface area contributed by atoms with E-state index in [-0.39, 0.29) is 19.3 Å². The molecule has 0 heterocycles. The van der Waals surface area contributed by atoms with Crippen molar-refractivity contribution in [1.29, 1.82) is 0 Å². The fourth-order valence-electron chi connectivity index (χ4n) is 4.04. The second kappa shape index (κ2) is 9.86. The van der Waals surface area contributed by atoms with Crippen LogP contribution in [0.3, 0.4) is 0 Å². The molecule has 2 aliphatic carbocycles. The molecule has 6 unspecified atom stereocenters. The molecule has 2 fully saturated rings. The minimum atomic E-state index is -1.22. The molecule has 0 spiro atoms. The summed E-state index contributed by atoms with van der Waals surface area (Å²) in [5.41, 5.74) is 0. The van der Waals surface area contributed by atoms with Crippen LogP contribution in [0, 0.1) is 23.7 Å². The van der Waals surface area contributed by atoms with Gasteiger partial charge in [-0.05, 0) is 32.1 Å². The summed E-state index contributed by atoms with van der Waals surface area (Å²) in [4.78, 5) is 47.7. The van der Waals surface area contributed by atoms with Crippen LogP contribution >= 0.6 is 0 Å². The van der Waals surface area contributed by atoms with Crippen molar-refractivity contribution in [2.75, 3.05) is 0 Å². The smallest absolute Gasteiger partial charge is 0.312 e. The van der Waals surface area contributed by atoms with E-state index >= 15 is 0 Å². The third-order valence-electron chi connectivity index (χ3n) is 5.66. The largest absolute Gasteiger partial charge is 0.481 e. The molecule has 0 aromatic heterocycles. The van der Waals surface area contributed by atoms with Gasteiger partial charge in [-0.3, -0.25) is 19.2 Å². The Morgan fingerprint density at radius 2 is 1.32 bits per heavy atom. The van der Waals surface area contributed by atoms with Crippen LogP contribution in [0.15, 0.2) is 0 Å². The molecule has 0 aromatic rings. The molecule has 0 saturated heterocycles. The normalized spacial score (nSPS) is 31.4. The van der Waals surface area contributed by atoms with Crippen LogP contribution in [0.1, 0.15) is 58.3 Å². The van der Waals surface area contributed by atoms with E-state index in [1.54, 1.807) is 6.92 Å². The van der Waals surface area contributed by atoms with Crippen LogP contribution < -0.4 is 0 Å². The van der Waals surface area contributed by atoms with Crippen LogP contribution in [0.2, 0.25) is 0 Å². The first-order valence-corrected chi connectivity index (χ1v) is 9.79. The highest BCUT2D eigenvalue weighted by atomic mass is 16.7. The number of carbonyl (C=O) groups excluding carboxylic acids is 2. The summed E-state index contributed by atoms with van der Waals surface area (Å²) in [5.74, 6) is -7.32. The molecule has 0 radical (unpaired) electrons. The number of aliphatic hydroxyl groups is 1. The summed E-state index contributed by atoms with van der Waals surface area (Å²) in [6.07, 6.45) is 0.828. The summed E-state index contributed by atoms with van der Waals surface area (Å²) in [6.45, 7) is 1.63. The van der Waals surface area contributed by atoms with E-state index in [1.807, 2.05) is 0 Å². The first kappa shape index (κ1) is 22.1. The van der Waals surface area contributed by atoms with E-state index in [4.69, 9.17) is 9.47 Å². The number of hydrogen-bond acceptors (Lipinski definition) is 7. The van der Waals surface area contributed by atoms with E-state index in [1.165, 1.54) is 0 Å². The molecule has 158 valence electrons. The Bertz CT molecular complexity index is 602. The van der Waals surface area contributed by atoms with E-state index in [0.717, 1.165) is 12.8 Å². The fourth-order valence-corrected chi connectivity index (χ4v) is 4.04. The molecule has 9 heteroatoms. The second-order valence-electron chi connectivity index (χ2n) is 7.57. The Balaban J connectivity index is 2.00. The lowest BCUT2D eigenvalue weighted by molar-refractivity contribution is -0.200. The summed E-state index contributed by atoms with van der Waals surface area (Å²) >= 11 is 0. The first-order chi connectivity index (χ1) is 13.2. The van der Waals surface area contributed by atoms with Crippen LogP contribution in [0.4, 0.5) is 0 Å². The standard InChI is InChI=1S/C19H28O9/c1-2-15(27-18(25)13-6-4-3-5-11(13)16(21)22)28-19(26)14-9-10(20)7-8-12(14)17(23)24/h10-15,20H,2-9H2,1H3,(H,21,22)(H,23,24). The van der Waals surface area contributed by atoms with Crippen LogP contribution in [-0.4, -0.2) is 51.6 Å². The molecule has 2 saturated carbocycles. The number of ether oxygens (including phenoxy) is 2. The Labute approximate surface area is 163 Å². The quantitative estimate of drug-likeness (QED) is 0.428. The van der Waals surface area contributed by atoms with Crippen LogP contribution in [-0.2, 0) is 28.7 Å². The van der Waals surface area contributed by atoms with E-state index in [0.29, 0.717) is 19.3 Å². The van der Waals surface area contributed by atoms with Gasteiger partial charge in [0.05, 0.1) is 29.8 Å². The Morgan fingerprint density at radius 3 is 1.86 bits per heavy atom. The van der Waals surface area contributed by atoms with Crippen molar-refractivity contribution in [1.82, 2.24) is 0 Å². The van der Waals surface area contributed by atoms with Crippen molar-refractivity contribution < 1.29 is 44.0 Å². The number of carboxylic acids is 2. The van der Waals surface area contributed by atoms with Gasteiger partial charge in [0.25, 0.3) is 0 Å². The van der Waals surface area contributed by atoms with E-state index in [9.17, 15) is 34.5 Å². The average molecular weight is 400 g/mol. The minimum Gasteiger partial charge on any atom is -0.481 e. The lowest BCUT2D eigenvalue weighted by atomic mass is 9.78. The molecule has 0 amide bonds. The van der Waals surface area contributed by atoms with Gasteiger partial charge in [-0.15, -0.1) is 0 Å². The lowest BCUT2D eigenvalue weighted by Gasteiger charge is -2.31. The van der Waals surface area contributed by atoms with E-state index in [2.05, 4.69) is 0 Å². The molecule has 6 atom stereocenters. The Morgan fingerprint density at radius 1 is 0.821 bits per heavy atom. The van der Waals surface area contributed by atoms with Gasteiger partial charge in [-0.2, -0.15) is 0 Å². The van der Waals surface area contributed by atoms with Gasteiger partial charge in [-0.1, -0.05) is 19.8 Å². The molecule has 2 aliphatic rings. The van der Waals surface area contributed by atoms with E-state index < -0.39 is 59.9 Å². The number of rotatable bonds is 7. The second-order valence-corrected chi connectivity index (χ2v) is 7.57. The zero-order valence-corrected chi connectivity index (χ0v) is 15.9. The highest BCUT2D eigenvalue weighted by Gasteiger charge is 2.42. The topological polar surface area (TPSA) is 147 Å². The van der Waals surface area contributed by atoms with Crippen molar-refractivity contribution in [3.63, 3.8) is 0 Å². The summed E-state index contributed by atoms with van der Waals surface area (Å²) in [7, 11) is 0. The van der Waals surface area contributed by atoms with Gasteiger partial charge in [0.2, 0.25) is 6.29 Å². The van der Waals surface area contributed by atoms with Crippen LogP contribution in [0.5, 0.6) is 0 Å². The highest BCUT2D eigenvalue weighted by molar-refractivity contribution is 5.82. The zero-order valence-electron chi connectivity index (χ0n) is 15.9. The molecular formula is C19H28O9. The number of esters is 2.